The average Bonchev–Trinajstić information content (AvgIpc) is 2.89. The van der Waals surface area contributed by atoms with Gasteiger partial charge in [-0.2, -0.15) is 5.10 Å². The molecule has 0 radical (unpaired) electrons. The maximum atomic E-state index is 11.8. The minimum Gasteiger partial charge on any atom is -0.462 e. The zero-order chi connectivity index (χ0) is 14.7. The van der Waals surface area contributed by atoms with Crippen LogP contribution in [-0.4, -0.2) is 32.3 Å². The van der Waals surface area contributed by atoms with Crippen LogP contribution >= 0.6 is 0 Å². The molecule has 8 nitrogen and oxygen atoms in total. The molecule has 104 valence electrons. The van der Waals surface area contributed by atoms with Gasteiger partial charge in [-0.3, -0.25) is 15.1 Å². The highest BCUT2D eigenvalue weighted by atomic mass is 16.6. The van der Waals surface area contributed by atoms with E-state index >= 15 is 0 Å². The van der Waals surface area contributed by atoms with E-state index in [1.54, 1.807) is 13.8 Å². The lowest BCUT2D eigenvalue weighted by Gasteiger charge is -2.07. The van der Waals surface area contributed by atoms with Crippen molar-refractivity contribution in [2.45, 2.75) is 13.8 Å². The number of nitro groups is 1. The van der Waals surface area contributed by atoms with Gasteiger partial charge in [0.2, 0.25) is 0 Å². The maximum Gasteiger partial charge on any atom is 0.340 e. The predicted octanol–water partition coefficient (Wildman–Crippen LogP) is 1.66. The lowest BCUT2D eigenvalue weighted by molar-refractivity contribution is -0.384. The summed E-state index contributed by atoms with van der Waals surface area (Å²) >= 11 is 0. The SMILES string of the molecule is CCOC(=O)c1cc(-n2cc([N+](=O)[O-])cn2)cnc1C. The summed E-state index contributed by atoms with van der Waals surface area (Å²) in [5, 5.41) is 14.5. The molecule has 0 saturated carbocycles. The van der Waals surface area contributed by atoms with Crippen LogP contribution in [-0.2, 0) is 4.74 Å². The Labute approximate surface area is 114 Å². The van der Waals surface area contributed by atoms with E-state index in [0.29, 0.717) is 16.9 Å². The van der Waals surface area contributed by atoms with E-state index in [1.807, 2.05) is 0 Å². The third-order valence-electron chi connectivity index (χ3n) is 2.61. The lowest BCUT2D eigenvalue weighted by Crippen LogP contribution is -2.09. The molecule has 2 aromatic rings. The van der Waals surface area contributed by atoms with E-state index in [4.69, 9.17) is 4.74 Å². The summed E-state index contributed by atoms with van der Waals surface area (Å²) in [5.74, 6) is -0.485. The molecule has 0 fully saturated rings. The Morgan fingerprint density at radius 3 is 2.85 bits per heavy atom. The average molecular weight is 276 g/mol. The van der Waals surface area contributed by atoms with Crippen LogP contribution in [0.1, 0.15) is 23.0 Å². The minimum absolute atomic E-state index is 0.136. The first-order valence-corrected chi connectivity index (χ1v) is 5.86. The van der Waals surface area contributed by atoms with E-state index in [1.165, 1.54) is 23.1 Å². The molecule has 0 N–H and O–H groups in total. The maximum absolute atomic E-state index is 11.8. The van der Waals surface area contributed by atoms with Crippen LogP contribution in [0.3, 0.4) is 0 Å². The van der Waals surface area contributed by atoms with Crippen LogP contribution in [0.4, 0.5) is 5.69 Å². The smallest absolute Gasteiger partial charge is 0.340 e. The molecule has 0 spiro atoms. The normalized spacial score (nSPS) is 10.3. The van der Waals surface area contributed by atoms with Crippen LogP contribution in [0.2, 0.25) is 0 Å². The number of carbonyl (C=O) groups excluding carboxylic acids is 1. The van der Waals surface area contributed by atoms with Gasteiger partial charge >= 0.3 is 11.7 Å². The number of aromatic nitrogens is 3. The van der Waals surface area contributed by atoms with Crippen LogP contribution < -0.4 is 0 Å². The molecule has 2 rings (SSSR count). The first-order valence-electron chi connectivity index (χ1n) is 5.86. The van der Waals surface area contributed by atoms with Gasteiger partial charge in [0, 0.05) is 0 Å². The molecule has 0 aromatic carbocycles. The third kappa shape index (κ3) is 2.63. The fourth-order valence-electron chi connectivity index (χ4n) is 1.61. The fraction of sp³-hybridized carbons (Fsp3) is 0.250. The fourth-order valence-corrected chi connectivity index (χ4v) is 1.61. The zero-order valence-electron chi connectivity index (χ0n) is 10.9. The van der Waals surface area contributed by atoms with Gasteiger partial charge in [0.1, 0.15) is 12.4 Å². The van der Waals surface area contributed by atoms with Gasteiger partial charge in [-0.1, -0.05) is 0 Å². The molecule has 0 atom stereocenters. The molecule has 0 unspecified atom stereocenters. The van der Waals surface area contributed by atoms with Crippen molar-refractivity contribution in [1.29, 1.82) is 0 Å². The molecular weight excluding hydrogens is 264 g/mol. The molecule has 0 bridgehead atoms. The van der Waals surface area contributed by atoms with Crippen molar-refractivity contribution in [3.05, 3.63) is 46.0 Å². The van der Waals surface area contributed by atoms with Gasteiger partial charge in [-0.25, -0.2) is 9.48 Å². The summed E-state index contributed by atoms with van der Waals surface area (Å²) in [5.41, 5.74) is 1.14. The van der Waals surface area contributed by atoms with E-state index in [0.717, 1.165) is 6.20 Å². The Kier molecular flexibility index (Phi) is 3.74. The van der Waals surface area contributed by atoms with Crippen LogP contribution in [0.5, 0.6) is 0 Å². The number of pyridine rings is 1. The van der Waals surface area contributed by atoms with E-state index in [9.17, 15) is 14.9 Å². The van der Waals surface area contributed by atoms with Gasteiger partial charge in [-0.15, -0.1) is 0 Å². The molecule has 2 aromatic heterocycles. The molecule has 8 heteroatoms. The number of ether oxygens (including phenoxy) is 1. The molecule has 0 aliphatic heterocycles. The number of nitrogens with zero attached hydrogens (tertiary/aromatic N) is 4. The van der Waals surface area contributed by atoms with Gasteiger partial charge < -0.3 is 4.74 Å². The van der Waals surface area contributed by atoms with Crippen molar-refractivity contribution in [2.24, 2.45) is 0 Å². The Bertz CT molecular complexity index is 665. The summed E-state index contributed by atoms with van der Waals surface area (Å²) in [6.45, 7) is 3.65. The molecule has 0 amide bonds. The van der Waals surface area contributed by atoms with Crippen LogP contribution in [0.25, 0.3) is 5.69 Å². The number of carbonyl (C=O) groups is 1. The Morgan fingerprint density at radius 1 is 1.50 bits per heavy atom. The lowest BCUT2D eigenvalue weighted by atomic mass is 10.2. The van der Waals surface area contributed by atoms with Crippen molar-refractivity contribution >= 4 is 11.7 Å². The second kappa shape index (κ2) is 5.47. The minimum atomic E-state index is -0.544. The molecule has 2 heterocycles. The van der Waals surface area contributed by atoms with Gasteiger partial charge in [0.15, 0.2) is 0 Å². The van der Waals surface area contributed by atoms with Gasteiger partial charge in [0.25, 0.3) is 0 Å². The largest absolute Gasteiger partial charge is 0.462 e. The second-order valence-corrected chi connectivity index (χ2v) is 3.95. The summed E-state index contributed by atoms with van der Waals surface area (Å²) in [6, 6.07) is 1.54. The predicted molar refractivity (Wildman–Crippen MR) is 68.7 cm³/mol. The first kappa shape index (κ1) is 13.7. The topological polar surface area (TPSA) is 100 Å². The standard InChI is InChI=1S/C12H12N4O4/c1-3-20-12(17)11-4-9(5-13-8(11)2)15-7-10(6-14-15)16(18)19/h4-7H,3H2,1-2H3. The Hall–Kier alpha value is -2.77. The van der Waals surface area contributed by atoms with Crippen molar-refractivity contribution in [1.82, 2.24) is 14.8 Å². The Morgan fingerprint density at radius 2 is 2.25 bits per heavy atom. The van der Waals surface area contributed by atoms with Gasteiger partial charge in [-0.05, 0) is 19.9 Å². The number of esters is 1. The van der Waals surface area contributed by atoms with Crippen molar-refractivity contribution < 1.29 is 14.5 Å². The van der Waals surface area contributed by atoms with Gasteiger partial charge in [0.05, 0.1) is 34.7 Å². The monoisotopic (exact) mass is 276 g/mol. The number of hydrogen-bond donors (Lipinski definition) is 0. The first-order chi connectivity index (χ1) is 9.52. The van der Waals surface area contributed by atoms with Crippen molar-refractivity contribution in [3.8, 4) is 5.69 Å². The highest BCUT2D eigenvalue weighted by Gasteiger charge is 2.15. The third-order valence-corrected chi connectivity index (χ3v) is 2.61. The van der Waals surface area contributed by atoms with Crippen molar-refractivity contribution in [3.63, 3.8) is 0 Å². The molecular formula is C12H12N4O4. The molecule has 20 heavy (non-hydrogen) atoms. The quantitative estimate of drug-likeness (QED) is 0.478. The molecule has 0 aliphatic carbocycles. The number of hydrogen-bond acceptors (Lipinski definition) is 6. The highest BCUT2D eigenvalue weighted by molar-refractivity contribution is 5.91. The summed E-state index contributed by atoms with van der Waals surface area (Å²) in [6.07, 6.45) is 3.86. The van der Waals surface area contributed by atoms with E-state index in [2.05, 4.69) is 10.1 Å². The number of rotatable bonds is 4. The van der Waals surface area contributed by atoms with Crippen molar-refractivity contribution in [2.75, 3.05) is 6.61 Å². The van der Waals surface area contributed by atoms with Crippen LogP contribution in [0.15, 0.2) is 24.7 Å². The number of aryl methyl sites for hydroxylation is 1. The summed E-state index contributed by atoms with van der Waals surface area (Å²) in [7, 11) is 0. The Balaban J connectivity index is 2.39. The van der Waals surface area contributed by atoms with E-state index in [-0.39, 0.29) is 12.3 Å². The highest BCUT2D eigenvalue weighted by Crippen LogP contribution is 2.16. The molecule has 0 saturated heterocycles. The van der Waals surface area contributed by atoms with E-state index < -0.39 is 10.9 Å². The summed E-state index contributed by atoms with van der Waals surface area (Å²) in [4.78, 5) is 25.9. The van der Waals surface area contributed by atoms with Crippen LogP contribution in [0, 0.1) is 17.0 Å². The second-order valence-electron chi connectivity index (χ2n) is 3.95. The molecule has 0 aliphatic rings. The summed E-state index contributed by atoms with van der Waals surface area (Å²) < 4.78 is 6.21. The zero-order valence-corrected chi connectivity index (χ0v) is 10.9.